The van der Waals surface area contributed by atoms with Gasteiger partial charge in [-0.25, -0.2) is 0 Å². The Balaban J connectivity index is 0.000000673. The highest BCUT2D eigenvalue weighted by Gasteiger charge is 2.09. The molecule has 0 bridgehead atoms. The minimum Gasteiger partial charge on any atom is -0.396 e. The van der Waals surface area contributed by atoms with Gasteiger partial charge in [-0.05, 0) is 32.0 Å². The van der Waals surface area contributed by atoms with Gasteiger partial charge >= 0.3 is 0 Å². The molecular weight excluding hydrogens is 210 g/mol. The zero-order valence-electron chi connectivity index (χ0n) is 9.43. The second-order valence-electron chi connectivity index (χ2n) is 3.14. The van der Waals surface area contributed by atoms with E-state index in [2.05, 4.69) is 11.3 Å². The Kier molecular flexibility index (Phi) is 7.02. The van der Waals surface area contributed by atoms with E-state index in [1.165, 1.54) is 6.07 Å². The third-order valence-electron chi connectivity index (χ3n) is 1.86. The van der Waals surface area contributed by atoms with Gasteiger partial charge in [-0.15, -0.1) is 0 Å². The number of rotatable bonds is 3. The highest BCUT2D eigenvalue weighted by molar-refractivity contribution is 5.41. The summed E-state index contributed by atoms with van der Waals surface area (Å²) in [5.74, 6) is 4.60. The average Bonchev–Trinajstić information content (AvgIpc) is 2.18. The molecule has 0 aliphatic heterocycles. The zero-order valence-corrected chi connectivity index (χ0v) is 9.43. The number of nitro benzene ring substituents is 1. The first-order chi connectivity index (χ1) is 7.56. The minimum absolute atomic E-state index is 0.0667. The van der Waals surface area contributed by atoms with Crippen molar-refractivity contribution in [3.8, 4) is 0 Å². The quantitative estimate of drug-likeness (QED) is 0.397. The molecule has 0 amide bonds. The van der Waals surface area contributed by atoms with Crippen molar-refractivity contribution < 1.29 is 10.0 Å². The van der Waals surface area contributed by atoms with Crippen LogP contribution in [0.25, 0.3) is 0 Å². The zero-order chi connectivity index (χ0) is 12.6. The third-order valence-corrected chi connectivity index (χ3v) is 1.86. The lowest BCUT2D eigenvalue weighted by Gasteiger charge is -2.00. The van der Waals surface area contributed by atoms with Crippen molar-refractivity contribution in [2.45, 2.75) is 13.3 Å². The molecule has 0 saturated heterocycles. The molecule has 0 fully saturated rings. The van der Waals surface area contributed by atoms with E-state index in [1.807, 2.05) is 0 Å². The van der Waals surface area contributed by atoms with Gasteiger partial charge in [0.05, 0.1) is 4.92 Å². The lowest BCUT2D eigenvalue weighted by atomic mass is 10.1. The molecule has 0 heterocycles. The largest absolute Gasteiger partial charge is 0.396 e. The monoisotopic (exact) mass is 227 g/mol. The maximum absolute atomic E-state index is 10.4. The summed E-state index contributed by atoms with van der Waals surface area (Å²) in [5.41, 5.74) is 3.93. The van der Waals surface area contributed by atoms with E-state index in [0.717, 1.165) is 5.56 Å². The summed E-state index contributed by atoms with van der Waals surface area (Å²) in [6.07, 6.45) is 0.541. The molecule has 0 saturated carbocycles. The van der Waals surface area contributed by atoms with Crippen molar-refractivity contribution in [2.24, 2.45) is 5.84 Å². The number of hydrazine groups is 1. The Labute approximate surface area is 94.2 Å². The number of nitrogens with one attached hydrogen (secondary N) is 1. The molecule has 16 heavy (non-hydrogen) atoms. The summed E-state index contributed by atoms with van der Waals surface area (Å²) < 4.78 is 0. The number of aryl methyl sites for hydroxylation is 1. The van der Waals surface area contributed by atoms with Gasteiger partial charge in [0, 0.05) is 18.2 Å². The summed E-state index contributed by atoms with van der Waals surface area (Å²) in [6, 6.07) is 4.87. The van der Waals surface area contributed by atoms with Crippen LogP contribution in [0.5, 0.6) is 0 Å². The minimum atomic E-state index is -0.405. The fourth-order valence-electron chi connectivity index (χ4n) is 1.21. The van der Waals surface area contributed by atoms with Gasteiger partial charge in [0.15, 0.2) is 0 Å². The van der Waals surface area contributed by atoms with Crippen LogP contribution in [0.3, 0.4) is 0 Å². The molecule has 90 valence electrons. The standard InChI is InChI=1S/C9H11NO3.CH6N2/c1-7-6-8(4-5-11)2-3-9(7)10(12)13;1-3-2/h2-3,6,11H,4-5H2,1H3;3H,2H2,1H3. The smallest absolute Gasteiger partial charge is 0.272 e. The Bertz CT molecular complexity index is 342. The van der Waals surface area contributed by atoms with E-state index in [-0.39, 0.29) is 12.3 Å². The van der Waals surface area contributed by atoms with Gasteiger partial charge in [-0.2, -0.15) is 0 Å². The van der Waals surface area contributed by atoms with E-state index in [0.29, 0.717) is 12.0 Å². The number of aliphatic hydroxyl groups is 1. The van der Waals surface area contributed by atoms with Gasteiger partial charge < -0.3 is 5.11 Å². The molecule has 0 aliphatic rings. The van der Waals surface area contributed by atoms with Gasteiger partial charge in [-0.3, -0.25) is 21.4 Å². The number of benzene rings is 1. The van der Waals surface area contributed by atoms with Crippen LogP contribution < -0.4 is 11.3 Å². The predicted molar refractivity (Wildman–Crippen MR) is 61.9 cm³/mol. The van der Waals surface area contributed by atoms with Crippen LogP contribution in [0.1, 0.15) is 11.1 Å². The molecule has 0 aromatic heterocycles. The van der Waals surface area contributed by atoms with E-state index < -0.39 is 4.92 Å². The maximum atomic E-state index is 10.4. The summed E-state index contributed by atoms with van der Waals surface area (Å²) in [5, 5.41) is 19.1. The summed E-state index contributed by atoms with van der Waals surface area (Å²) in [6.45, 7) is 1.76. The molecule has 0 unspecified atom stereocenters. The van der Waals surface area contributed by atoms with Crippen LogP contribution in [0.2, 0.25) is 0 Å². The molecule has 0 spiro atoms. The highest BCUT2D eigenvalue weighted by atomic mass is 16.6. The van der Waals surface area contributed by atoms with Crippen molar-refractivity contribution in [3.05, 3.63) is 39.4 Å². The van der Waals surface area contributed by atoms with Gasteiger partial charge in [-0.1, -0.05) is 6.07 Å². The number of hydrogen-bond donors (Lipinski definition) is 3. The van der Waals surface area contributed by atoms with E-state index in [1.54, 1.807) is 26.1 Å². The lowest BCUT2D eigenvalue weighted by molar-refractivity contribution is -0.385. The molecular formula is C10H17N3O3. The molecule has 1 aromatic rings. The lowest BCUT2D eigenvalue weighted by Crippen LogP contribution is -2.13. The molecule has 0 radical (unpaired) electrons. The maximum Gasteiger partial charge on any atom is 0.272 e. The van der Waals surface area contributed by atoms with E-state index >= 15 is 0 Å². The Morgan fingerprint density at radius 3 is 2.50 bits per heavy atom. The normalized spacial score (nSPS) is 9.25. The molecule has 0 atom stereocenters. The average molecular weight is 227 g/mol. The van der Waals surface area contributed by atoms with Crippen LogP contribution >= 0.6 is 0 Å². The van der Waals surface area contributed by atoms with Crippen molar-refractivity contribution in [1.82, 2.24) is 5.43 Å². The molecule has 1 rings (SSSR count). The first kappa shape index (κ1) is 14.5. The fraction of sp³-hybridized carbons (Fsp3) is 0.400. The Morgan fingerprint density at radius 1 is 1.56 bits per heavy atom. The SMILES string of the molecule is CNN.Cc1cc(CCO)ccc1[N+](=O)[O-]. The molecule has 1 aromatic carbocycles. The number of hydrogen-bond acceptors (Lipinski definition) is 5. The second-order valence-corrected chi connectivity index (χ2v) is 3.14. The Morgan fingerprint density at radius 2 is 2.12 bits per heavy atom. The van der Waals surface area contributed by atoms with Crippen LogP contribution in [-0.4, -0.2) is 23.7 Å². The molecule has 6 heteroatoms. The van der Waals surface area contributed by atoms with Gasteiger partial charge in [0.1, 0.15) is 0 Å². The van der Waals surface area contributed by atoms with Crippen molar-refractivity contribution in [3.63, 3.8) is 0 Å². The molecule has 4 N–H and O–H groups in total. The van der Waals surface area contributed by atoms with Crippen molar-refractivity contribution >= 4 is 5.69 Å². The van der Waals surface area contributed by atoms with Crippen LogP contribution in [0.15, 0.2) is 18.2 Å². The second kappa shape index (κ2) is 7.75. The number of aliphatic hydroxyl groups excluding tert-OH is 1. The Hall–Kier alpha value is -1.50. The first-order valence-corrected chi connectivity index (χ1v) is 4.79. The number of nitrogens with zero attached hydrogens (tertiary/aromatic N) is 1. The number of nitro groups is 1. The van der Waals surface area contributed by atoms with Crippen LogP contribution in [0, 0.1) is 17.0 Å². The van der Waals surface area contributed by atoms with Crippen molar-refractivity contribution in [1.29, 1.82) is 0 Å². The van der Waals surface area contributed by atoms with E-state index in [4.69, 9.17) is 5.11 Å². The fourth-order valence-corrected chi connectivity index (χ4v) is 1.21. The van der Waals surface area contributed by atoms with E-state index in [9.17, 15) is 10.1 Å². The van der Waals surface area contributed by atoms with Gasteiger partial charge in [0.25, 0.3) is 5.69 Å². The topological polar surface area (TPSA) is 101 Å². The summed E-state index contributed by atoms with van der Waals surface area (Å²) >= 11 is 0. The molecule has 0 aliphatic carbocycles. The first-order valence-electron chi connectivity index (χ1n) is 4.79. The van der Waals surface area contributed by atoms with Crippen LogP contribution in [-0.2, 0) is 6.42 Å². The van der Waals surface area contributed by atoms with Crippen molar-refractivity contribution in [2.75, 3.05) is 13.7 Å². The predicted octanol–water partition coefficient (Wildman–Crippen LogP) is 0.518. The van der Waals surface area contributed by atoms with Crippen LogP contribution in [0.4, 0.5) is 5.69 Å². The van der Waals surface area contributed by atoms with Gasteiger partial charge in [0.2, 0.25) is 0 Å². The summed E-state index contributed by atoms with van der Waals surface area (Å²) in [7, 11) is 1.65. The third kappa shape index (κ3) is 4.83. The molecule has 6 nitrogen and oxygen atoms in total. The highest BCUT2D eigenvalue weighted by Crippen LogP contribution is 2.18. The summed E-state index contributed by atoms with van der Waals surface area (Å²) in [4.78, 5) is 10.0. The number of nitrogens with two attached hydrogens (primary N) is 1.